The molecule has 0 radical (unpaired) electrons. The standard InChI is InChI=1S/C26H29F2N9OS/c1-26(2,3)18-9-19(34-37(18)14-6-7-35(4)12-14)32-25-33-23-21(36(25)5)20(22(27)28)17(11-29-23)38-15-8-16-24(30-10-15)39-13-31-16/h8-11,13-14,22H,6-7,12H2,1-5H3,(H,29,32,33,34). The van der Waals surface area contributed by atoms with Crippen LogP contribution in [0.25, 0.3) is 21.5 Å². The highest BCUT2D eigenvalue weighted by Crippen LogP contribution is 2.39. The first-order valence-corrected chi connectivity index (χ1v) is 13.5. The number of rotatable bonds is 6. The third-order valence-corrected chi connectivity index (χ3v) is 7.72. The van der Waals surface area contributed by atoms with E-state index in [0.717, 1.165) is 30.0 Å². The number of pyridine rings is 2. The minimum absolute atomic E-state index is 0.0620. The number of likely N-dealkylation sites (N-methyl/N-ethyl adjacent to an activating group) is 1. The first-order chi connectivity index (χ1) is 18.6. The van der Waals surface area contributed by atoms with Gasteiger partial charge in [-0.15, -0.1) is 11.3 Å². The van der Waals surface area contributed by atoms with E-state index in [-0.39, 0.29) is 33.9 Å². The largest absolute Gasteiger partial charge is 0.453 e. The van der Waals surface area contributed by atoms with Gasteiger partial charge in [-0.05, 0) is 20.0 Å². The Hall–Kier alpha value is -3.71. The number of ether oxygens (including phenoxy) is 1. The molecule has 1 fully saturated rings. The van der Waals surface area contributed by atoms with Crippen LogP contribution in [0.3, 0.4) is 0 Å². The number of nitrogens with zero attached hydrogens (tertiary/aromatic N) is 8. The van der Waals surface area contributed by atoms with Crippen LogP contribution in [-0.2, 0) is 12.5 Å². The maximum atomic E-state index is 14.5. The molecule has 1 atom stereocenters. The number of fused-ring (bicyclic) bond motifs is 2. The molecule has 0 saturated carbocycles. The van der Waals surface area contributed by atoms with Gasteiger partial charge in [-0.3, -0.25) is 4.68 Å². The third-order valence-electron chi connectivity index (χ3n) is 6.97. The minimum atomic E-state index is -2.82. The van der Waals surface area contributed by atoms with Crippen molar-refractivity contribution in [2.24, 2.45) is 7.05 Å². The van der Waals surface area contributed by atoms with Gasteiger partial charge in [0, 0.05) is 36.8 Å². The van der Waals surface area contributed by atoms with Crippen LogP contribution in [0.5, 0.6) is 11.5 Å². The molecule has 6 heterocycles. The van der Waals surface area contributed by atoms with Crippen molar-refractivity contribution in [1.29, 1.82) is 0 Å². The number of alkyl halides is 2. The summed E-state index contributed by atoms with van der Waals surface area (Å²) in [6.45, 7) is 8.40. The van der Waals surface area contributed by atoms with E-state index in [2.05, 4.69) is 62.7 Å². The van der Waals surface area contributed by atoms with Gasteiger partial charge in [0.2, 0.25) is 5.95 Å². The maximum absolute atomic E-state index is 14.5. The van der Waals surface area contributed by atoms with Crippen molar-refractivity contribution >= 4 is 44.6 Å². The normalized spacial score (nSPS) is 16.7. The number of halogens is 2. The van der Waals surface area contributed by atoms with Gasteiger partial charge in [0.15, 0.2) is 17.2 Å². The lowest BCUT2D eigenvalue weighted by atomic mass is 9.91. The average molecular weight is 554 g/mol. The number of nitrogens with one attached hydrogen (secondary N) is 1. The number of imidazole rings is 1. The van der Waals surface area contributed by atoms with Crippen LogP contribution in [0.2, 0.25) is 0 Å². The molecule has 1 aliphatic rings. The van der Waals surface area contributed by atoms with Crippen LogP contribution in [0.15, 0.2) is 30.0 Å². The van der Waals surface area contributed by atoms with Crippen molar-refractivity contribution in [3.05, 3.63) is 41.3 Å². The van der Waals surface area contributed by atoms with Crippen molar-refractivity contribution in [3.8, 4) is 11.5 Å². The van der Waals surface area contributed by atoms with Gasteiger partial charge in [-0.2, -0.15) is 10.1 Å². The molecule has 204 valence electrons. The van der Waals surface area contributed by atoms with Gasteiger partial charge >= 0.3 is 0 Å². The van der Waals surface area contributed by atoms with Crippen molar-refractivity contribution in [2.45, 2.75) is 45.1 Å². The Morgan fingerprint density at radius 2 is 1.95 bits per heavy atom. The van der Waals surface area contributed by atoms with Crippen LogP contribution < -0.4 is 10.1 Å². The molecule has 6 rings (SSSR count). The highest BCUT2D eigenvalue weighted by molar-refractivity contribution is 7.16. The van der Waals surface area contributed by atoms with Crippen molar-refractivity contribution in [1.82, 2.24) is 39.2 Å². The number of thiazole rings is 1. The predicted octanol–water partition coefficient (Wildman–Crippen LogP) is 5.82. The molecule has 1 unspecified atom stereocenters. The Morgan fingerprint density at radius 1 is 1.13 bits per heavy atom. The smallest absolute Gasteiger partial charge is 0.269 e. The van der Waals surface area contributed by atoms with E-state index in [0.29, 0.717) is 23.0 Å². The first-order valence-electron chi connectivity index (χ1n) is 12.6. The van der Waals surface area contributed by atoms with Gasteiger partial charge in [-0.25, -0.2) is 23.7 Å². The summed E-state index contributed by atoms with van der Waals surface area (Å²) in [7, 11) is 3.78. The second-order valence-electron chi connectivity index (χ2n) is 10.9. The van der Waals surface area contributed by atoms with E-state index in [1.165, 1.54) is 23.7 Å². The fraction of sp³-hybridized carbons (Fsp3) is 0.423. The summed E-state index contributed by atoms with van der Waals surface area (Å²) < 4.78 is 38.4. The summed E-state index contributed by atoms with van der Waals surface area (Å²) in [6.07, 6.45) is 0.953. The molecule has 0 spiro atoms. The lowest BCUT2D eigenvalue weighted by molar-refractivity contribution is 0.149. The minimum Gasteiger partial charge on any atom is -0.453 e. The highest BCUT2D eigenvalue weighted by Gasteiger charge is 2.30. The zero-order chi connectivity index (χ0) is 27.5. The summed E-state index contributed by atoms with van der Waals surface area (Å²) in [5, 5.41) is 8.12. The Bertz CT molecular complexity index is 1670. The molecule has 1 saturated heterocycles. The highest BCUT2D eigenvalue weighted by atomic mass is 32.1. The summed E-state index contributed by atoms with van der Waals surface area (Å²) in [4.78, 5) is 20.4. The quantitative estimate of drug-likeness (QED) is 0.281. The van der Waals surface area contributed by atoms with Gasteiger partial charge in [-0.1, -0.05) is 20.8 Å². The van der Waals surface area contributed by atoms with E-state index in [1.807, 2.05) is 6.07 Å². The molecule has 0 aliphatic carbocycles. The lowest BCUT2D eigenvalue weighted by Crippen LogP contribution is -2.24. The Morgan fingerprint density at radius 3 is 2.67 bits per heavy atom. The molecule has 5 aromatic rings. The van der Waals surface area contributed by atoms with Crippen LogP contribution in [-0.4, -0.2) is 59.3 Å². The molecule has 39 heavy (non-hydrogen) atoms. The van der Waals surface area contributed by atoms with Gasteiger partial charge < -0.3 is 19.5 Å². The maximum Gasteiger partial charge on any atom is 0.269 e. The van der Waals surface area contributed by atoms with Crippen LogP contribution in [0, 0.1) is 0 Å². The molecular weight excluding hydrogens is 524 g/mol. The number of likely N-dealkylation sites (tertiary alicyclic amines) is 1. The number of aryl methyl sites for hydroxylation is 1. The number of hydrogen-bond acceptors (Lipinski definition) is 9. The van der Waals surface area contributed by atoms with Crippen molar-refractivity contribution in [3.63, 3.8) is 0 Å². The lowest BCUT2D eigenvalue weighted by Gasteiger charge is -2.23. The molecule has 1 aliphatic heterocycles. The van der Waals surface area contributed by atoms with Gasteiger partial charge in [0.25, 0.3) is 6.43 Å². The Labute approximate surface area is 227 Å². The molecule has 1 N–H and O–H groups in total. The monoisotopic (exact) mass is 553 g/mol. The summed E-state index contributed by atoms with van der Waals surface area (Å²) in [5.41, 5.74) is 3.34. The Balaban J connectivity index is 1.36. The predicted molar refractivity (Wildman–Crippen MR) is 146 cm³/mol. The average Bonchev–Trinajstić information content (AvgIpc) is 3.66. The second-order valence-corrected chi connectivity index (χ2v) is 11.7. The number of aromatic nitrogens is 7. The molecule has 0 bridgehead atoms. The molecule has 13 heteroatoms. The van der Waals surface area contributed by atoms with Crippen molar-refractivity contribution in [2.75, 3.05) is 25.5 Å². The van der Waals surface area contributed by atoms with E-state index in [4.69, 9.17) is 9.84 Å². The SMILES string of the molecule is CN1CCC(n2nc(Nc3nc4ncc(Oc5cnc6scnc6c5)c(C(F)F)c4n3C)cc2C(C)(C)C)C1. The van der Waals surface area contributed by atoms with E-state index in [1.54, 1.807) is 23.2 Å². The van der Waals surface area contributed by atoms with Crippen molar-refractivity contribution < 1.29 is 13.5 Å². The fourth-order valence-corrected chi connectivity index (χ4v) is 5.64. The molecule has 0 amide bonds. The third kappa shape index (κ3) is 4.69. The molecule has 0 aromatic carbocycles. The van der Waals surface area contributed by atoms with E-state index >= 15 is 0 Å². The summed E-state index contributed by atoms with van der Waals surface area (Å²) in [5.74, 6) is 1.20. The number of anilines is 2. The summed E-state index contributed by atoms with van der Waals surface area (Å²) >= 11 is 1.39. The topological polar surface area (TPSA) is 98.8 Å². The zero-order valence-electron chi connectivity index (χ0n) is 22.3. The molecule has 10 nitrogen and oxygen atoms in total. The number of hydrogen-bond donors (Lipinski definition) is 1. The fourth-order valence-electron chi connectivity index (χ4n) is 5.03. The zero-order valence-corrected chi connectivity index (χ0v) is 23.1. The van der Waals surface area contributed by atoms with Crippen LogP contribution in [0.4, 0.5) is 20.5 Å². The summed E-state index contributed by atoms with van der Waals surface area (Å²) in [6, 6.07) is 3.94. The first kappa shape index (κ1) is 25.6. The van der Waals surface area contributed by atoms with Crippen LogP contribution >= 0.6 is 11.3 Å². The van der Waals surface area contributed by atoms with Crippen LogP contribution in [0.1, 0.15) is 50.9 Å². The van der Waals surface area contributed by atoms with Gasteiger partial charge in [0.05, 0.1) is 29.5 Å². The second kappa shape index (κ2) is 9.49. The van der Waals surface area contributed by atoms with E-state index < -0.39 is 6.43 Å². The van der Waals surface area contributed by atoms with E-state index in [9.17, 15) is 8.78 Å². The molecule has 5 aromatic heterocycles. The Kier molecular flexibility index (Phi) is 6.22. The van der Waals surface area contributed by atoms with Gasteiger partial charge in [0.1, 0.15) is 21.6 Å². The molecular formula is C26H29F2N9OS.